The van der Waals surface area contributed by atoms with Crippen LogP contribution >= 0.6 is 0 Å². The zero-order valence-corrected chi connectivity index (χ0v) is 12.5. The van der Waals surface area contributed by atoms with Gasteiger partial charge in [0.25, 0.3) is 0 Å². The molecule has 1 aliphatic rings. The van der Waals surface area contributed by atoms with Gasteiger partial charge in [-0.05, 0) is 26.3 Å². The molecule has 2 atom stereocenters. The number of rotatable bonds is 6. The third-order valence-electron chi connectivity index (χ3n) is 3.43. The van der Waals surface area contributed by atoms with Gasteiger partial charge >= 0.3 is 5.69 Å². The molecule has 6 nitrogen and oxygen atoms in total. The van der Waals surface area contributed by atoms with Gasteiger partial charge in [-0.3, -0.25) is 15.0 Å². The first-order chi connectivity index (χ1) is 10.1. The number of hydrogen-bond donors (Lipinski definition) is 0. The fourth-order valence-electron chi connectivity index (χ4n) is 2.67. The molecule has 1 heterocycles. The number of ether oxygens (including phenoxy) is 2. The highest BCUT2D eigenvalue weighted by molar-refractivity contribution is 5.45. The first-order valence-corrected chi connectivity index (χ1v) is 7.30. The Balaban J connectivity index is 1.76. The van der Waals surface area contributed by atoms with Gasteiger partial charge in [-0.15, -0.1) is 0 Å². The largest absolute Gasteiger partial charge is 0.487 e. The molecule has 116 valence electrons. The summed E-state index contributed by atoms with van der Waals surface area (Å²) in [6.45, 7) is 7.40. The molecule has 0 radical (unpaired) electrons. The minimum Gasteiger partial charge on any atom is -0.487 e. The van der Waals surface area contributed by atoms with Gasteiger partial charge in [0.2, 0.25) is 0 Å². The second-order valence-corrected chi connectivity index (χ2v) is 5.44. The van der Waals surface area contributed by atoms with E-state index >= 15 is 0 Å². The Morgan fingerprint density at radius 2 is 2.00 bits per heavy atom. The van der Waals surface area contributed by atoms with Gasteiger partial charge in [0.05, 0.1) is 23.7 Å². The second kappa shape index (κ2) is 7.38. The van der Waals surface area contributed by atoms with Crippen molar-refractivity contribution in [3.8, 4) is 5.75 Å². The fourth-order valence-corrected chi connectivity index (χ4v) is 2.67. The molecule has 0 spiro atoms. The summed E-state index contributed by atoms with van der Waals surface area (Å²) in [6, 6.07) is 6.48. The zero-order valence-electron chi connectivity index (χ0n) is 12.5. The molecular weight excluding hydrogens is 272 g/mol. The van der Waals surface area contributed by atoms with Gasteiger partial charge in [-0.2, -0.15) is 0 Å². The number of benzene rings is 1. The molecular formula is C15H22N2O4. The van der Waals surface area contributed by atoms with E-state index in [1.165, 1.54) is 6.07 Å². The third kappa shape index (κ3) is 4.68. The van der Waals surface area contributed by atoms with E-state index in [0.717, 1.165) is 26.1 Å². The van der Waals surface area contributed by atoms with Crippen molar-refractivity contribution in [3.05, 3.63) is 34.4 Å². The van der Waals surface area contributed by atoms with E-state index in [9.17, 15) is 10.1 Å². The lowest BCUT2D eigenvalue weighted by Crippen LogP contribution is -2.45. The van der Waals surface area contributed by atoms with E-state index in [-0.39, 0.29) is 17.9 Å². The summed E-state index contributed by atoms with van der Waals surface area (Å²) in [5.41, 5.74) is 0.0196. The highest BCUT2D eigenvalue weighted by Crippen LogP contribution is 2.25. The van der Waals surface area contributed by atoms with Crippen molar-refractivity contribution in [2.45, 2.75) is 32.5 Å². The molecule has 0 aromatic heterocycles. The molecule has 1 fully saturated rings. The Bertz CT molecular complexity index is 470. The van der Waals surface area contributed by atoms with Crippen LogP contribution in [-0.2, 0) is 4.74 Å². The monoisotopic (exact) mass is 294 g/mol. The van der Waals surface area contributed by atoms with Crippen LogP contribution in [0.4, 0.5) is 5.69 Å². The van der Waals surface area contributed by atoms with Gasteiger partial charge in [0, 0.05) is 25.7 Å². The predicted octanol–water partition coefficient (Wildman–Crippen LogP) is 2.47. The molecule has 0 saturated carbocycles. The predicted molar refractivity (Wildman–Crippen MR) is 79.7 cm³/mol. The highest BCUT2D eigenvalue weighted by Gasteiger charge is 2.21. The molecule has 0 amide bonds. The Morgan fingerprint density at radius 1 is 1.33 bits per heavy atom. The topological polar surface area (TPSA) is 64.8 Å². The van der Waals surface area contributed by atoms with Crippen molar-refractivity contribution in [3.63, 3.8) is 0 Å². The van der Waals surface area contributed by atoms with Crippen molar-refractivity contribution in [1.29, 1.82) is 0 Å². The minimum absolute atomic E-state index is 0.0196. The van der Waals surface area contributed by atoms with Gasteiger partial charge in [-0.1, -0.05) is 12.1 Å². The van der Waals surface area contributed by atoms with E-state index in [2.05, 4.69) is 18.7 Å². The zero-order chi connectivity index (χ0) is 15.2. The molecule has 1 saturated heterocycles. The summed E-state index contributed by atoms with van der Waals surface area (Å²) < 4.78 is 11.2. The molecule has 2 rings (SSSR count). The first kappa shape index (κ1) is 15.7. The number of nitro benzene ring substituents is 1. The maximum Gasteiger partial charge on any atom is 0.310 e. The standard InChI is InChI=1S/C15H22N2O4/c1-12-10-16(11-13(2)21-12)8-5-9-20-15-7-4-3-6-14(15)17(18)19/h3-4,6-7,12-13H,5,8-11H2,1-2H3/t12-,13-/m0/s1. The van der Waals surface area contributed by atoms with Gasteiger partial charge in [0.15, 0.2) is 5.75 Å². The summed E-state index contributed by atoms with van der Waals surface area (Å²) in [7, 11) is 0. The van der Waals surface area contributed by atoms with Gasteiger partial charge in [-0.25, -0.2) is 0 Å². The summed E-state index contributed by atoms with van der Waals surface area (Å²) in [5.74, 6) is 0.339. The van der Waals surface area contributed by atoms with Gasteiger partial charge < -0.3 is 9.47 Å². The minimum atomic E-state index is -0.416. The molecule has 0 bridgehead atoms. The molecule has 1 aliphatic heterocycles. The molecule has 0 N–H and O–H groups in total. The number of para-hydroxylation sites is 2. The van der Waals surface area contributed by atoms with E-state index in [1.54, 1.807) is 18.2 Å². The van der Waals surface area contributed by atoms with Crippen molar-refractivity contribution < 1.29 is 14.4 Å². The molecule has 6 heteroatoms. The maximum atomic E-state index is 10.9. The summed E-state index contributed by atoms with van der Waals surface area (Å²) in [6.07, 6.45) is 1.35. The molecule has 0 unspecified atom stereocenters. The van der Waals surface area contributed by atoms with E-state index in [1.807, 2.05) is 0 Å². The van der Waals surface area contributed by atoms with Crippen molar-refractivity contribution >= 4 is 5.69 Å². The highest BCUT2D eigenvalue weighted by atomic mass is 16.6. The average molecular weight is 294 g/mol. The molecule has 1 aromatic carbocycles. The summed E-state index contributed by atoms with van der Waals surface area (Å²) >= 11 is 0. The second-order valence-electron chi connectivity index (χ2n) is 5.44. The van der Waals surface area contributed by atoms with Gasteiger partial charge in [0.1, 0.15) is 0 Å². The third-order valence-corrected chi connectivity index (χ3v) is 3.43. The number of nitrogens with zero attached hydrogens (tertiary/aromatic N) is 2. The smallest absolute Gasteiger partial charge is 0.310 e. The number of nitro groups is 1. The maximum absolute atomic E-state index is 10.9. The molecule has 21 heavy (non-hydrogen) atoms. The van der Waals surface area contributed by atoms with E-state index < -0.39 is 4.92 Å². The average Bonchev–Trinajstić information content (AvgIpc) is 2.43. The Morgan fingerprint density at radius 3 is 2.67 bits per heavy atom. The fraction of sp³-hybridized carbons (Fsp3) is 0.600. The normalized spacial score (nSPS) is 23.0. The SMILES string of the molecule is C[C@H]1CN(CCCOc2ccccc2[N+](=O)[O-])C[C@H](C)O1. The lowest BCUT2D eigenvalue weighted by Gasteiger charge is -2.35. The van der Waals surface area contributed by atoms with Crippen LogP contribution in [0.3, 0.4) is 0 Å². The van der Waals surface area contributed by atoms with Crippen LogP contribution < -0.4 is 4.74 Å². The molecule has 0 aliphatic carbocycles. The first-order valence-electron chi connectivity index (χ1n) is 7.30. The number of morpholine rings is 1. The van der Waals surface area contributed by atoms with Crippen LogP contribution in [0.15, 0.2) is 24.3 Å². The summed E-state index contributed by atoms with van der Waals surface area (Å²) in [4.78, 5) is 12.8. The van der Waals surface area contributed by atoms with Crippen LogP contribution in [0.25, 0.3) is 0 Å². The van der Waals surface area contributed by atoms with Crippen molar-refractivity contribution in [2.75, 3.05) is 26.2 Å². The van der Waals surface area contributed by atoms with E-state index in [0.29, 0.717) is 12.4 Å². The quantitative estimate of drug-likeness (QED) is 0.458. The van der Waals surface area contributed by atoms with Crippen LogP contribution in [0.2, 0.25) is 0 Å². The number of hydrogen-bond acceptors (Lipinski definition) is 5. The Hall–Kier alpha value is -1.66. The lowest BCUT2D eigenvalue weighted by molar-refractivity contribution is -0.385. The van der Waals surface area contributed by atoms with Crippen LogP contribution in [0, 0.1) is 10.1 Å². The molecule has 1 aromatic rings. The van der Waals surface area contributed by atoms with Crippen LogP contribution in [0.1, 0.15) is 20.3 Å². The summed E-state index contributed by atoms with van der Waals surface area (Å²) in [5, 5.41) is 10.9. The Kier molecular flexibility index (Phi) is 5.52. The van der Waals surface area contributed by atoms with Crippen LogP contribution in [0.5, 0.6) is 5.75 Å². The lowest BCUT2D eigenvalue weighted by atomic mass is 10.2. The van der Waals surface area contributed by atoms with E-state index in [4.69, 9.17) is 9.47 Å². The van der Waals surface area contributed by atoms with Crippen molar-refractivity contribution in [2.24, 2.45) is 0 Å². The Labute approximate surface area is 124 Å². The van der Waals surface area contributed by atoms with Crippen molar-refractivity contribution in [1.82, 2.24) is 4.90 Å². The van der Waals surface area contributed by atoms with Crippen LogP contribution in [-0.4, -0.2) is 48.3 Å².